The first-order chi connectivity index (χ1) is 9.84. The number of para-hydroxylation sites is 1. The Bertz CT molecular complexity index is 710. The molecule has 0 amide bonds. The van der Waals surface area contributed by atoms with Crippen molar-refractivity contribution in [2.24, 2.45) is 0 Å². The molecule has 0 aliphatic heterocycles. The van der Waals surface area contributed by atoms with Crippen molar-refractivity contribution in [2.45, 2.75) is 11.4 Å². The maximum absolute atomic E-state index is 12.3. The van der Waals surface area contributed by atoms with Crippen LogP contribution in [0.2, 0.25) is 0 Å². The number of benzene rings is 1. The van der Waals surface area contributed by atoms with Crippen molar-refractivity contribution in [1.82, 2.24) is 4.31 Å². The van der Waals surface area contributed by atoms with E-state index in [0.717, 1.165) is 0 Å². The molecule has 0 aliphatic rings. The Kier molecular flexibility index (Phi) is 4.55. The Hall–Kier alpha value is -1.57. The highest BCUT2D eigenvalue weighted by Crippen LogP contribution is 2.31. The van der Waals surface area contributed by atoms with E-state index in [-0.39, 0.29) is 10.6 Å². The third-order valence-electron chi connectivity index (χ3n) is 3.21. The van der Waals surface area contributed by atoms with Gasteiger partial charge in [-0.3, -0.25) is 0 Å². The number of hydrogen-bond donors (Lipinski definition) is 1. The molecule has 0 aliphatic carbocycles. The van der Waals surface area contributed by atoms with Gasteiger partial charge in [-0.15, -0.1) is 0 Å². The second kappa shape index (κ2) is 6.05. The third kappa shape index (κ3) is 3.20. The van der Waals surface area contributed by atoms with Gasteiger partial charge in [0.05, 0.1) is 11.4 Å². The largest absolute Gasteiger partial charge is 0.396 e. The fraction of sp³-hybridized carbons (Fsp3) is 0.286. The molecular formula is C14H19N3O2S2. The summed E-state index contributed by atoms with van der Waals surface area (Å²) in [7, 11) is 1.35. The highest BCUT2D eigenvalue weighted by atomic mass is 32.2. The molecule has 21 heavy (non-hydrogen) atoms. The molecule has 0 radical (unpaired) electrons. The molecule has 5 nitrogen and oxygen atoms in total. The molecule has 0 unspecified atom stereocenters. The summed E-state index contributed by atoms with van der Waals surface area (Å²) >= 11 is 1.63. The molecule has 1 aromatic heterocycles. The normalized spacial score (nSPS) is 11.8. The predicted octanol–water partition coefficient (Wildman–Crippen LogP) is 2.22. The first kappa shape index (κ1) is 15.8. The zero-order chi connectivity index (χ0) is 15.6. The minimum atomic E-state index is -3.54. The van der Waals surface area contributed by atoms with E-state index in [1.807, 2.05) is 29.5 Å². The van der Waals surface area contributed by atoms with Crippen molar-refractivity contribution in [2.75, 3.05) is 31.8 Å². The summed E-state index contributed by atoms with van der Waals surface area (Å²) in [5.41, 5.74) is 8.26. The van der Waals surface area contributed by atoms with E-state index in [2.05, 4.69) is 5.38 Å². The number of hydrogen-bond acceptors (Lipinski definition) is 5. The molecule has 114 valence electrons. The SMILES string of the molecule is CN(Cc1ccsc1)c1cccc(S(=O)(=O)N(C)C)c1N. The van der Waals surface area contributed by atoms with E-state index >= 15 is 0 Å². The predicted molar refractivity (Wildman–Crippen MR) is 88.2 cm³/mol. The third-order valence-corrected chi connectivity index (χ3v) is 5.82. The number of anilines is 2. The first-order valence-electron chi connectivity index (χ1n) is 6.37. The number of sulfonamides is 1. The lowest BCUT2D eigenvalue weighted by Gasteiger charge is -2.23. The number of rotatable bonds is 5. The van der Waals surface area contributed by atoms with E-state index in [9.17, 15) is 8.42 Å². The lowest BCUT2D eigenvalue weighted by Crippen LogP contribution is -2.24. The van der Waals surface area contributed by atoms with Crippen LogP contribution in [-0.4, -0.2) is 33.9 Å². The van der Waals surface area contributed by atoms with Gasteiger partial charge < -0.3 is 10.6 Å². The lowest BCUT2D eigenvalue weighted by molar-refractivity contribution is 0.521. The fourth-order valence-electron chi connectivity index (χ4n) is 2.03. The molecule has 0 bridgehead atoms. The Morgan fingerprint density at radius 3 is 2.48 bits per heavy atom. The monoisotopic (exact) mass is 325 g/mol. The maximum Gasteiger partial charge on any atom is 0.244 e. The second-order valence-electron chi connectivity index (χ2n) is 4.96. The van der Waals surface area contributed by atoms with Crippen molar-refractivity contribution in [3.05, 3.63) is 40.6 Å². The summed E-state index contributed by atoms with van der Waals surface area (Å²) < 4.78 is 25.7. The van der Waals surface area contributed by atoms with Crippen LogP contribution in [0.15, 0.2) is 39.9 Å². The maximum atomic E-state index is 12.3. The van der Waals surface area contributed by atoms with E-state index in [1.165, 1.54) is 30.0 Å². The molecule has 2 rings (SSSR count). The van der Waals surface area contributed by atoms with Gasteiger partial charge in [0.25, 0.3) is 0 Å². The van der Waals surface area contributed by atoms with E-state index in [4.69, 9.17) is 5.73 Å². The van der Waals surface area contributed by atoms with Crippen molar-refractivity contribution in [3.63, 3.8) is 0 Å². The number of nitrogens with zero attached hydrogens (tertiary/aromatic N) is 2. The molecule has 0 fully saturated rings. The van der Waals surface area contributed by atoms with Crippen LogP contribution in [0.1, 0.15) is 5.56 Å². The van der Waals surface area contributed by atoms with Crippen LogP contribution >= 0.6 is 11.3 Å². The summed E-state index contributed by atoms with van der Waals surface area (Å²) in [6, 6.07) is 7.12. The van der Waals surface area contributed by atoms with Gasteiger partial charge in [0.2, 0.25) is 10.0 Å². The Balaban J connectivity index is 2.38. The summed E-state index contributed by atoms with van der Waals surface area (Å²) in [5.74, 6) is 0. The van der Waals surface area contributed by atoms with Crippen LogP contribution in [0.4, 0.5) is 11.4 Å². The minimum Gasteiger partial charge on any atom is -0.396 e. The first-order valence-corrected chi connectivity index (χ1v) is 8.75. The average Bonchev–Trinajstić information content (AvgIpc) is 2.91. The van der Waals surface area contributed by atoms with E-state index in [0.29, 0.717) is 12.2 Å². The topological polar surface area (TPSA) is 66.6 Å². The number of nitrogens with two attached hydrogens (primary N) is 1. The number of nitrogen functional groups attached to an aromatic ring is 1. The van der Waals surface area contributed by atoms with Gasteiger partial charge in [0, 0.05) is 27.7 Å². The molecule has 0 saturated carbocycles. The number of thiophene rings is 1. The van der Waals surface area contributed by atoms with Crippen molar-refractivity contribution < 1.29 is 8.42 Å². The summed E-state index contributed by atoms with van der Waals surface area (Å²) in [6.07, 6.45) is 0. The zero-order valence-electron chi connectivity index (χ0n) is 12.3. The average molecular weight is 325 g/mol. The van der Waals surface area contributed by atoms with Crippen molar-refractivity contribution >= 4 is 32.7 Å². The smallest absolute Gasteiger partial charge is 0.244 e. The summed E-state index contributed by atoms with van der Waals surface area (Å²) in [4.78, 5) is 2.09. The lowest BCUT2D eigenvalue weighted by atomic mass is 10.2. The van der Waals surface area contributed by atoms with Gasteiger partial charge in [-0.05, 0) is 34.5 Å². The van der Waals surface area contributed by atoms with Crippen molar-refractivity contribution in [1.29, 1.82) is 0 Å². The summed E-state index contributed by atoms with van der Waals surface area (Å²) in [5, 5.41) is 4.08. The highest BCUT2D eigenvalue weighted by molar-refractivity contribution is 7.89. The Morgan fingerprint density at radius 2 is 1.90 bits per heavy atom. The zero-order valence-corrected chi connectivity index (χ0v) is 13.9. The van der Waals surface area contributed by atoms with Gasteiger partial charge in [0.15, 0.2) is 0 Å². The van der Waals surface area contributed by atoms with Crippen LogP contribution in [0.25, 0.3) is 0 Å². The summed E-state index contributed by atoms with van der Waals surface area (Å²) in [6.45, 7) is 0.680. The van der Waals surface area contributed by atoms with Gasteiger partial charge in [-0.2, -0.15) is 11.3 Å². The van der Waals surface area contributed by atoms with Crippen LogP contribution in [0.5, 0.6) is 0 Å². The van der Waals surface area contributed by atoms with Crippen LogP contribution < -0.4 is 10.6 Å². The molecule has 1 aromatic carbocycles. The second-order valence-corrected chi connectivity index (χ2v) is 7.86. The molecule has 0 saturated heterocycles. The molecule has 0 spiro atoms. The van der Waals surface area contributed by atoms with E-state index in [1.54, 1.807) is 17.4 Å². The van der Waals surface area contributed by atoms with Crippen LogP contribution in [0, 0.1) is 0 Å². The van der Waals surface area contributed by atoms with Crippen LogP contribution in [0.3, 0.4) is 0 Å². The minimum absolute atomic E-state index is 0.141. The molecule has 0 atom stereocenters. The quantitative estimate of drug-likeness (QED) is 0.856. The van der Waals surface area contributed by atoms with E-state index < -0.39 is 10.0 Å². The Labute approximate surface area is 129 Å². The molecule has 2 aromatic rings. The highest BCUT2D eigenvalue weighted by Gasteiger charge is 2.22. The molecule has 1 heterocycles. The van der Waals surface area contributed by atoms with Crippen molar-refractivity contribution in [3.8, 4) is 0 Å². The Morgan fingerprint density at radius 1 is 1.19 bits per heavy atom. The molecular weight excluding hydrogens is 306 g/mol. The van der Waals surface area contributed by atoms with Gasteiger partial charge in [-0.1, -0.05) is 6.07 Å². The standard InChI is InChI=1S/C14H19N3O2S2/c1-16(2)21(18,19)13-6-4-5-12(14(13)15)17(3)9-11-7-8-20-10-11/h4-8,10H,9,15H2,1-3H3. The van der Waals surface area contributed by atoms with Gasteiger partial charge in [-0.25, -0.2) is 12.7 Å². The van der Waals surface area contributed by atoms with Crippen LogP contribution in [-0.2, 0) is 16.6 Å². The molecule has 2 N–H and O–H groups in total. The molecule has 7 heteroatoms. The van der Waals surface area contributed by atoms with Gasteiger partial charge in [0.1, 0.15) is 4.90 Å². The fourth-order valence-corrected chi connectivity index (χ4v) is 3.71. The van der Waals surface area contributed by atoms with Gasteiger partial charge >= 0.3 is 0 Å².